The van der Waals surface area contributed by atoms with E-state index in [4.69, 9.17) is 4.74 Å². The van der Waals surface area contributed by atoms with Crippen molar-refractivity contribution in [3.63, 3.8) is 0 Å². The van der Waals surface area contributed by atoms with Crippen LogP contribution in [0, 0.1) is 0 Å². The Morgan fingerprint density at radius 1 is 1.33 bits per heavy atom. The van der Waals surface area contributed by atoms with Gasteiger partial charge in [0, 0.05) is 19.5 Å². The van der Waals surface area contributed by atoms with E-state index < -0.39 is 0 Å². The van der Waals surface area contributed by atoms with Crippen molar-refractivity contribution in [2.45, 2.75) is 38.6 Å². The van der Waals surface area contributed by atoms with Gasteiger partial charge in [0.2, 0.25) is 5.91 Å². The highest BCUT2D eigenvalue weighted by Crippen LogP contribution is 2.21. The molecule has 1 atom stereocenters. The minimum atomic E-state index is 0.159. The molecule has 0 aliphatic carbocycles. The molecule has 0 aromatic heterocycles. The molecule has 2 rings (SSSR count). The van der Waals surface area contributed by atoms with Crippen LogP contribution in [0.25, 0.3) is 0 Å². The number of nitrogens with one attached hydrogen (secondary N) is 1. The van der Waals surface area contributed by atoms with E-state index in [1.807, 2.05) is 17.0 Å². The second kappa shape index (κ2) is 8.03. The molecule has 1 aromatic rings. The summed E-state index contributed by atoms with van der Waals surface area (Å²) < 4.78 is 5.31. The Hall–Kier alpha value is -1.55. The highest BCUT2D eigenvalue weighted by Gasteiger charge is 2.21. The topological polar surface area (TPSA) is 41.6 Å². The summed E-state index contributed by atoms with van der Waals surface area (Å²) in [4.78, 5) is 14.2. The van der Waals surface area contributed by atoms with Crippen molar-refractivity contribution in [2.24, 2.45) is 0 Å². The van der Waals surface area contributed by atoms with Crippen LogP contribution in [0.4, 0.5) is 0 Å². The molecule has 116 valence electrons. The summed E-state index contributed by atoms with van der Waals surface area (Å²) in [7, 11) is 1.68. The molecule has 1 heterocycles. The Morgan fingerprint density at radius 2 is 2.19 bits per heavy atom. The summed E-state index contributed by atoms with van der Waals surface area (Å²) >= 11 is 0. The fourth-order valence-corrected chi connectivity index (χ4v) is 2.84. The van der Waals surface area contributed by atoms with Crippen LogP contribution >= 0.6 is 0 Å². The quantitative estimate of drug-likeness (QED) is 0.876. The molecule has 21 heavy (non-hydrogen) atoms. The van der Waals surface area contributed by atoms with Crippen molar-refractivity contribution >= 4 is 5.91 Å². The average molecular weight is 290 g/mol. The maximum atomic E-state index is 12.2. The van der Waals surface area contributed by atoms with E-state index in [1.165, 1.54) is 5.56 Å². The number of likely N-dealkylation sites (N-methyl/N-ethyl adjacent to an activating group) is 1. The number of nitrogens with zero attached hydrogens (tertiary/aromatic N) is 1. The Kier molecular flexibility index (Phi) is 6.05. The Morgan fingerprint density at radius 3 is 2.95 bits per heavy atom. The molecule has 1 aliphatic heterocycles. The SMILES string of the molecule is CCNC(CN1CCCCCC1=O)c1cccc(OC)c1. The van der Waals surface area contributed by atoms with Gasteiger partial charge >= 0.3 is 0 Å². The van der Waals surface area contributed by atoms with Gasteiger partial charge in [-0.3, -0.25) is 4.79 Å². The van der Waals surface area contributed by atoms with Crippen LogP contribution < -0.4 is 10.1 Å². The summed E-state index contributed by atoms with van der Waals surface area (Å²) in [6, 6.07) is 8.26. The van der Waals surface area contributed by atoms with Gasteiger partial charge in [-0.15, -0.1) is 0 Å². The van der Waals surface area contributed by atoms with Crippen LogP contribution in [0.5, 0.6) is 5.75 Å². The summed E-state index contributed by atoms with van der Waals surface area (Å²) in [6.45, 7) is 4.59. The van der Waals surface area contributed by atoms with Gasteiger partial charge in [0.15, 0.2) is 0 Å². The first-order valence-corrected chi connectivity index (χ1v) is 7.89. The molecule has 1 unspecified atom stereocenters. The second-order valence-corrected chi connectivity index (χ2v) is 5.54. The molecule has 1 aromatic carbocycles. The van der Waals surface area contributed by atoms with Crippen molar-refractivity contribution in [1.29, 1.82) is 0 Å². The lowest BCUT2D eigenvalue weighted by molar-refractivity contribution is -0.131. The first-order valence-electron chi connectivity index (χ1n) is 7.89. The first kappa shape index (κ1) is 15.8. The number of likely N-dealkylation sites (tertiary alicyclic amines) is 1. The lowest BCUT2D eigenvalue weighted by Crippen LogP contribution is -2.38. The largest absolute Gasteiger partial charge is 0.497 e. The van der Waals surface area contributed by atoms with Gasteiger partial charge in [-0.25, -0.2) is 0 Å². The average Bonchev–Trinajstić information content (AvgIpc) is 2.72. The predicted octanol–water partition coefficient (Wildman–Crippen LogP) is 2.75. The van der Waals surface area contributed by atoms with Gasteiger partial charge in [-0.05, 0) is 37.1 Å². The molecule has 1 amide bonds. The van der Waals surface area contributed by atoms with E-state index >= 15 is 0 Å². The molecule has 4 heteroatoms. The Bertz CT molecular complexity index is 462. The van der Waals surface area contributed by atoms with Gasteiger partial charge in [0.25, 0.3) is 0 Å². The smallest absolute Gasteiger partial charge is 0.222 e. The lowest BCUT2D eigenvalue weighted by Gasteiger charge is -2.27. The third-order valence-corrected chi connectivity index (χ3v) is 4.02. The number of methoxy groups -OCH3 is 1. The van der Waals surface area contributed by atoms with Gasteiger partial charge in [-0.2, -0.15) is 0 Å². The fourth-order valence-electron chi connectivity index (χ4n) is 2.84. The molecule has 1 fully saturated rings. The van der Waals surface area contributed by atoms with Crippen molar-refractivity contribution < 1.29 is 9.53 Å². The monoisotopic (exact) mass is 290 g/mol. The fraction of sp³-hybridized carbons (Fsp3) is 0.588. The number of ether oxygens (including phenoxy) is 1. The summed E-state index contributed by atoms with van der Waals surface area (Å²) in [5.74, 6) is 1.15. The Balaban J connectivity index is 2.11. The number of carbonyl (C=O) groups excluding carboxylic acids is 1. The number of rotatable bonds is 6. The lowest BCUT2D eigenvalue weighted by atomic mass is 10.1. The molecule has 1 N–H and O–H groups in total. The second-order valence-electron chi connectivity index (χ2n) is 5.54. The minimum absolute atomic E-state index is 0.159. The molecule has 0 bridgehead atoms. The van der Waals surface area contributed by atoms with E-state index in [0.29, 0.717) is 12.3 Å². The number of hydrogen-bond donors (Lipinski definition) is 1. The third kappa shape index (κ3) is 4.46. The highest BCUT2D eigenvalue weighted by atomic mass is 16.5. The van der Waals surface area contributed by atoms with Crippen molar-refractivity contribution in [1.82, 2.24) is 10.2 Å². The normalized spacial score (nSPS) is 17.4. The molecule has 1 saturated heterocycles. The Labute approximate surface area is 127 Å². The molecule has 1 aliphatic rings. The van der Waals surface area contributed by atoms with Crippen LogP contribution in [0.1, 0.15) is 44.2 Å². The van der Waals surface area contributed by atoms with E-state index in [1.54, 1.807) is 7.11 Å². The van der Waals surface area contributed by atoms with E-state index in [9.17, 15) is 4.79 Å². The van der Waals surface area contributed by atoms with Crippen LogP contribution in [0.3, 0.4) is 0 Å². The zero-order valence-corrected chi connectivity index (χ0v) is 13.1. The van der Waals surface area contributed by atoms with E-state index in [-0.39, 0.29) is 6.04 Å². The molecular weight excluding hydrogens is 264 g/mol. The van der Waals surface area contributed by atoms with Gasteiger partial charge < -0.3 is 15.0 Å². The predicted molar refractivity (Wildman–Crippen MR) is 84.5 cm³/mol. The zero-order valence-electron chi connectivity index (χ0n) is 13.1. The van der Waals surface area contributed by atoms with E-state index in [0.717, 1.165) is 44.6 Å². The molecule has 4 nitrogen and oxygen atoms in total. The number of benzene rings is 1. The summed E-state index contributed by atoms with van der Waals surface area (Å²) in [5, 5.41) is 3.49. The van der Waals surface area contributed by atoms with Crippen molar-refractivity contribution in [3.05, 3.63) is 29.8 Å². The van der Waals surface area contributed by atoms with Crippen LogP contribution in [0.2, 0.25) is 0 Å². The highest BCUT2D eigenvalue weighted by molar-refractivity contribution is 5.76. The number of carbonyl (C=O) groups is 1. The zero-order chi connectivity index (χ0) is 15.1. The van der Waals surface area contributed by atoms with Gasteiger partial charge in [-0.1, -0.05) is 25.5 Å². The first-order chi connectivity index (χ1) is 10.2. The maximum absolute atomic E-state index is 12.2. The number of amides is 1. The maximum Gasteiger partial charge on any atom is 0.222 e. The van der Waals surface area contributed by atoms with Crippen LogP contribution in [0.15, 0.2) is 24.3 Å². The van der Waals surface area contributed by atoms with Crippen molar-refractivity contribution in [3.8, 4) is 5.75 Å². The third-order valence-electron chi connectivity index (χ3n) is 4.02. The molecule has 0 spiro atoms. The van der Waals surface area contributed by atoms with Crippen LogP contribution in [-0.4, -0.2) is 37.6 Å². The summed E-state index contributed by atoms with van der Waals surface area (Å²) in [6.07, 6.45) is 3.99. The summed E-state index contributed by atoms with van der Waals surface area (Å²) in [5.41, 5.74) is 1.17. The molecule has 0 saturated carbocycles. The van der Waals surface area contributed by atoms with E-state index in [2.05, 4.69) is 24.4 Å². The standard InChI is InChI=1S/C17H26N2O2/c1-3-18-16(14-8-7-9-15(12-14)21-2)13-19-11-6-4-5-10-17(19)20/h7-9,12,16,18H,3-6,10-11,13H2,1-2H3. The van der Waals surface area contributed by atoms with Gasteiger partial charge in [0.1, 0.15) is 5.75 Å². The molecular formula is C17H26N2O2. The molecule has 0 radical (unpaired) electrons. The van der Waals surface area contributed by atoms with Crippen molar-refractivity contribution in [2.75, 3.05) is 26.7 Å². The van der Waals surface area contributed by atoms with Crippen LogP contribution in [-0.2, 0) is 4.79 Å². The minimum Gasteiger partial charge on any atom is -0.497 e. The van der Waals surface area contributed by atoms with Gasteiger partial charge in [0.05, 0.1) is 13.2 Å². The number of hydrogen-bond acceptors (Lipinski definition) is 3.